The minimum atomic E-state index is -0.158. The fourth-order valence-electron chi connectivity index (χ4n) is 1.57. The standard InChI is InChI=1S/C13H19Cl2N3O/c1-9(16-6-7-18(2)3)13(19)17-12-8-10(14)4-5-11(12)15/h4-5,8-9,16H,6-7H2,1-3H3,(H,17,19)/p+2/t9-/m1/s1. The number of quaternary nitrogens is 2. The number of carbonyl (C=O) groups is 1. The predicted octanol–water partition coefficient (Wildman–Crippen LogP) is 0.0283. The van der Waals surface area contributed by atoms with E-state index in [0.29, 0.717) is 15.7 Å². The molecule has 0 aromatic heterocycles. The van der Waals surface area contributed by atoms with Crippen molar-refractivity contribution in [2.24, 2.45) is 0 Å². The molecule has 0 fully saturated rings. The molecule has 106 valence electrons. The van der Waals surface area contributed by atoms with E-state index in [2.05, 4.69) is 19.4 Å². The molecule has 4 nitrogen and oxygen atoms in total. The Bertz CT molecular complexity index is 438. The molecule has 1 rings (SSSR count). The van der Waals surface area contributed by atoms with Crippen LogP contribution in [0.3, 0.4) is 0 Å². The van der Waals surface area contributed by atoms with Gasteiger partial charge in [0, 0.05) is 5.02 Å². The van der Waals surface area contributed by atoms with Crippen molar-refractivity contribution in [1.82, 2.24) is 0 Å². The molecule has 0 saturated carbocycles. The Hall–Kier alpha value is -0.810. The number of likely N-dealkylation sites (N-methyl/N-ethyl adjacent to an activating group) is 1. The van der Waals surface area contributed by atoms with Crippen molar-refractivity contribution >= 4 is 34.8 Å². The maximum absolute atomic E-state index is 12.0. The zero-order chi connectivity index (χ0) is 14.4. The number of nitrogens with two attached hydrogens (primary N) is 1. The number of halogens is 2. The van der Waals surface area contributed by atoms with Crippen molar-refractivity contribution in [2.45, 2.75) is 13.0 Å². The maximum atomic E-state index is 12.0. The minimum Gasteiger partial charge on any atom is -0.335 e. The number of amides is 1. The van der Waals surface area contributed by atoms with Crippen LogP contribution < -0.4 is 15.5 Å². The quantitative estimate of drug-likeness (QED) is 0.682. The van der Waals surface area contributed by atoms with Gasteiger partial charge in [-0.15, -0.1) is 0 Å². The van der Waals surface area contributed by atoms with E-state index >= 15 is 0 Å². The summed E-state index contributed by atoms with van der Waals surface area (Å²) in [6.07, 6.45) is 0. The Kier molecular flexibility index (Phi) is 6.58. The van der Waals surface area contributed by atoms with Gasteiger partial charge in [-0.1, -0.05) is 23.2 Å². The first-order valence-electron chi connectivity index (χ1n) is 6.28. The molecule has 0 unspecified atom stereocenters. The normalized spacial score (nSPS) is 12.5. The van der Waals surface area contributed by atoms with E-state index in [-0.39, 0.29) is 11.9 Å². The zero-order valence-corrected chi connectivity index (χ0v) is 13.0. The fraction of sp³-hybridized carbons (Fsp3) is 0.462. The van der Waals surface area contributed by atoms with E-state index in [1.807, 2.05) is 12.2 Å². The molecule has 1 amide bonds. The van der Waals surface area contributed by atoms with Crippen molar-refractivity contribution in [3.05, 3.63) is 28.2 Å². The summed E-state index contributed by atoms with van der Waals surface area (Å²) in [6.45, 7) is 3.79. The van der Waals surface area contributed by atoms with Crippen LogP contribution in [-0.2, 0) is 4.79 Å². The largest absolute Gasteiger partial charge is 0.335 e. The molecule has 0 radical (unpaired) electrons. The number of hydrogen-bond acceptors (Lipinski definition) is 1. The van der Waals surface area contributed by atoms with Crippen LogP contribution in [0.25, 0.3) is 0 Å². The molecule has 0 aliphatic rings. The van der Waals surface area contributed by atoms with Crippen molar-refractivity contribution in [3.63, 3.8) is 0 Å². The lowest BCUT2D eigenvalue weighted by Gasteiger charge is -2.13. The van der Waals surface area contributed by atoms with E-state index in [4.69, 9.17) is 23.2 Å². The van der Waals surface area contributed by atoms with Crippen molar-refractivity contribution in [2.75, 3.05) is 32.5 Å². The molecule has 0 saturated heterocycles. The van der Waals surface area contributed by atoms with Crippen LogP contribution in [0.2, 0.25) is 10.0 Å². The molecule has 6 heteroatoms. The van der Waals surface area contributed by atoms with Crippen LogP contribution in [0, 0.1) is 0 Å². The SMILES string of the molecule is C[C@@H]([NH2+]CC[NH+](C)C)C(=O)Nc1cc(Cl)ccc1Cl. The third-order valence-corrected chi connectivity index (χ3v) is 3.33. The fourth-order valence-corrected chi connectivity index (χ4v) is 1.91. The Morgan fingerprint density at radius 3 is 2.74 bits per heavy atom. The zero-order valence-electron chi connectivity index (χ0n) is 11.5. The monoisotopic (exact) mass is 305 g/mol. The summed E-state index contributed by atoms with van der Waals surface area (Å²) >= 11 is 11.9. The molecule has 1 atom stereocenters. The highest BCUT2D eigenvalue weighted by Gasteiger charge is 2.17. The van der Waals surface area contributed by atoms with Gasteiger partial charge in [-0.05, 0) is 25.1 Å². The molecule has 4 N–H and O–H groups in total. The minimum absolute atomic E-state index is 0.0714. The van der Waals surface area contributed by atoms with Crippen LogP contribution in [0.15, 0.2) is 18.2 Å². The van der Waals surface area contributed by atoms with Gasteiger partial charge < -0.3 is 15.5 Å². The lowest BCUT2D eigenvalue weighted by atomic mass is 10.2. The number of carbonyl (C=O) groups excluding carboxylic acids is 1. The summed E-state index contributed by atoms with van der Waals surface area (Å²) in [6, 6.07) is 4.85. The first kappa shape index (κ1) is 16.2. The van der Waals surface area contributed by atoms with Crippen LogP contribution in [0.4, 0.5) is 5.69 Å². The molecule has 0 aliphatic carbocycles. The van der Waals surface area contributed by atoms with E-state index in [9.17, 15) is 4.79 Å². The second-order valence-corrected chi connectivity index (χ2v) is 5.73. The molecule has 1 aromatic carbocycles. The molecule has 0 aliphatic heterocycles. The lowest BCUT2D eigenvalue weighted by molar-refractivity contribution is -0.875. The predicted molar refractivity (Wildman–Crippen MR) is 79.0 cm³/mol. The highest BCUT2D eigenvalue weighted by Crippen LogP contribution is 2.25. The van der Waals surface area contributed by atoms with E-state index in [1.165, 1.54) is 4.90 Å². The second kappa shape index (κ2) is 7.70. The average molecular weight is 306 g/mol. The van der Waals surface area contributed by atoms with E-state index in [1.54, 1.807) is 18.2 Å². The van der Waals surface area contributed by atoms with Gasteiger partial charge in [0.1, 0.15) is 13.1 Å². The summed E-state index contributed by atoms with van der Waals surface area (Å²) in [5.41, 5.74) is 0.553. The average Bonchev–Trinajstić information content (AvgIpc) is 2.33. The Morgan fingerprint density at radius 1 is 1.42 bits per heavy atom. The van der Waals surface area contributed by atoms with Gasteiger partial charge in [0.2, 0.25) is 0 Å². The molecule has 0 bridgehead atoms. The Morgan fingerprint density at radius 2 is 2.11 bits per heavy atom. The van der Waals surface area contributed by atoms with Gasteiger partial charge in [0.15, 0.2) is 6.04 Å². The molecular formula is C13H21Cl2N3O+2. The van der Waals surface area contributed by atoms with Gasteiger partial charge >= 0.3 is 0 Å². The summed E-state index contributed by atoms with van der Waals surface area (Å²) in [4.78, 5) is 13.4. The number of rotatable bonds is 6. The molecule has 1 aromatic rings. The number of hydrogen-bond donors (Lipinski definition) is 3. The van der Waals surface area contributed by atoms with E-state index in [0.717, 1.165) is 13.1 Å². The lowest BCUT2D eigenvalue weighted by Crippen LogP contribution is -3.10. The van der Waals surface area contributed by atoms with Gasteiger partial charge in [-0.25, -0.2) is 0 Å². The first-order chi connectivity index (χ1) is 8.90. The topological polar surface area (TPSA) is 50.2 Å². The van der Waals surface area contributed by atoms with Crippen LogP contribution in [0.1, 0.15) is 6.92 Å². The molecule has 0 heterocycles. The van der Waals surface area contributed by atoms with Gasteiger partial charge in [0.05, 0.1) is 24.8 Å². The Labute approximate surface area is 124 Å². The molecule has 0 spiro atoms. The van der Waals surface area contributed by atoms with Crippen molar-refractivity contribution < 1.29 is 15.0 Å². The first-order valence-corrected chi connectivity index (χ1v) is 7.04. The van der Waals surface area contributed by atoms with Gasteiger partial charge in [-0.2, -0.15) is 0 Å². The highest BCUT2D eigenvalue weighted by molar-refractivity contribution is 6.35. The Balaban J connectivity index is 2.51. The summed E-state index contributed by atoms with van der Waals surface area (Å²) in [7, 11) is 4.18. The van der Waals surface area contributed by atoms with Gasteiger partial charge in [0.25, 0.3) is 5.91 Å². The maximum Gasteiger partial charge on any atom is 0.282 e. The second-order valence-electron chi connectivity index (χ2n) is 4.88. The number of nitrogens with one attached hydrogen (secondary N) is 2. The van der Waals surface area contributed by atoms with Crippen LogP contribution >= 0.6 is 23.2 Å². The third kappa shape index (κ3) is 5.78. The molecule has 19 heavy (non-hydrogen) atoms. The third-order valence-electron chi connectivity index (χ3n) is 2.76. The van der Waals surface area contributed by atoms with Crippen LogP contribution in [-0.4, -0.2) is 39.1 Å². The van der Waals surface area contributed by atoms with Crippen molar-refractivity contribution in [3.8, 4) is 0 Å². The number of anilines is 1. The van der Waals surface area contributed by atoms with Crippen LogP contribution in [0.5, 0.6) is 0 Å². The smallest absolute Gasteiger partial charge is 0.282 e. The number of benzene rings is 1. The van der Waals surface area contributed by atoms with Crippen molar-refractivity contribution in [1.29, 1.82) is 0 Å². The summed E-state index contributed by atoms with van der Waals surface area (Å²) < 4.78 is 0. The van der Waals surface area contributed by atoms with E-state index < -0.39 is 0 Å². The summed E-state index contributed by atoms with van der Waals surface area (Å²) in [5, 5.41) is 5.85. The molecular weight excluding hydrogens is 285 g/mol. The van der Waals surface area contributed by atoms with Gasteiger partial charge in [-0.3, -0.25) is 4.79 Å². The summed E-state index contributed by atoms with van der Waals surface area (Å²) in [5.74, 6) is -0.0714. The highest BCUT2D eigenvalue weighted by atomic mass is 35.5.